The van der Waals surface area contributed by atoms with Crippen LogP contribution in [0.4, 0.5) is 10.5 Å². The van der Waals surface area contributed by atoms with Gasteiger partial charge in [0.05, 0.1) is 17.7 Å². The standard InChI is InChI=1S/C17H19ClN2O2S/c18-15-10-12(7-8-16(15)22-13-4-1-2-5-13)20-17(21)19-11-14-6-3-9-23-14/h3,6-10,13H,1-2,4-5,11H2,(H2,19,20,21). The van der Waals surface area contributed by atoms with E-state index in [1.165, 1.54) is 12.8 Å². The average molecular weight is 351 g/mol. The van der Waals surface area contributed by atoms with Crippen molar-refractivity contribution in [2.45, 2.75) is 38.3 Å². The summed E-state index contributed by atoms with van der Waals surface area (Å²) in [5.41, 5.74) is 0.650. The van der Waals surface area contributed by atoms with Crippen LogP contribution >= 0.6 is 22.9 Å². The molecule has 2 N–H and O–H groups in total. The molecular weight excluding hydrogens is 332 g/mol. The SMILES string of the molecule is O=C(NCc1cccs1)Nc1ccc(OC2CCCC2)c(Cl)c1. The van der Waals surface area contributed by atoms with Crippen molar-refractivity contribution in [3.63, 3.8) is 0 Å². The van der Waals surface area contributed by atoms with E-state index in [1.807, 2.05) is 23.6 Å². The van der Waals surface area contributed by atoms with Gasteiger partial charge in [-0.05, 0) is 55.3 Å². The molecule has 1 aliphatic carbocycles. The summed E-state index contributed by atoms with van der Waals surface area (Å²) in [6.07, 6.45) is 4.86. The van der Waals surface area contributed by atoms with Crippen molar-refractivity contribution in [3.8, 4) is 5.75 Å². The van der Waals surface area contributed by atoms with Crippen LogP contribution in [0.25, 0.3) is 0 Å². The fraction of sp³-hybridized carbons (Fsp3) is 0.353. The van der Waals surface area contributed by atoms with Gasteiger partial charge in [0.25, 0.3) is 0 Å². The van der Waals surface area contributed by atoms with Crippen LogP contribution in [0.2, 0.25) is 5.02 Å². The molecule has 1 heterocycles. The Morgan fingerprint density at radius 3 is 2.83 bits per heavy atom. The van der Waals surface area contributed by atoms with Crippen molar-refractivity contribution in [1.82, 2.24) is 5.32 Å². The number of thiophene rings is 1. The first-order chi connectivity index (χ1) is 11.2. The van der Waals surface area contributed by atoms with Gasteiger partial charge in [0.2, 0.25) is 0 Å². The maximum Gasteiger partial charge on any atom is 0.319 e. The van der Waals surface area contributed by atoms with E-state index in [9.17, 15) is 4.79 Å². The van der Waals surface area contributed by atoms with Gasteiger partial charge in [-0.2, -0.15) is 0 Å². The number of amides is 2. The predicted molar refractivity (Wildman–Crippen MR) is 94.5 cm³/mol. The Morgan fingerprint density at radius 1 is 1.30 bits per heavy atom. The quantitative estimate of drug-likeness (QED) is 0.793. The van der Waals surface area contributed by atoms with Crippen LogP contribution in [0.5, 0.6) is 5.75 Å². The molecule has 0 atom stereocenters. The second kappa shape index (κ2) is 7.70. The Balaban J connectivity index is 1.53. The highest BCUT2D eigenvalue weighted by molar-refractivity contribution is 7.09. The number of urea groups is 1. The first-order valence-corrected chi connectivity index (χ1v) is 9.00. The minimum atomic E-state index is -0.251. The lowest BCUT2D eigenvalue weighted by Crippen LogP contribution is -2.27. The van der Waals surface area contributed by atoms with E-state index < -0.39 is 0 Å². The van der Waals surface area contributed by atoms with Gasteiger partial charge in [0, 0.05) is 10.6 Å². The topological polar surface area (TPSA) is 50.4 Å². The van der Waals surface area contributed by atoms with Crippen LogP contribution in [0, 0.1) is 0 Å². The molecule has 1 aromatic carbocycles. The van der Waals surface area contributed by atoms with E-state index in [-0.39, 0.29) is 12.1 Å². The molecule has 4 nitrogen and oxygen atoms in total. The van der Waals surface area contributed by atoms with E-state index in [4.69, 9.17) is 16.3 Å². The number of halogens is 1. The van der Waals surface area contributed by atoms with Gasteiger partial charge in [-0.3, -0.25) is 0 Å². The number of carbonyl (C=O) groups is 1. The molecule has 1 aromatic heterocycles. The van der Waals surface area contributed by atoms with Crippen LogP contribution in [0.15, 0.2) is 35.7 Å². The number of benzene rings is 1. The van der Waals surface area contributed by atoms with E-state index >= 15 is 0 Å². The number of nitrogens with one attached hydrogen (secondary N) is 2. The predicted octanol–water partition coefficient (Wildman–Crippen LogP) is 5.04. The van der Waals surface area contributed by atoms with Crippen molar-refractivity contribution >= 4 is 34.7 Å². The normalized spacial score (nSPS) is 14.7. The largest absolute Gasteiger partial charge is 0.489 e. The van der Waals surface area contributed by atoms with Crippen LogP contribution in [-0.4, -0.2) is 12.1 Å². The maximum atomic E-state index is 11.9. The van der Waals surface area contributed by atoms with Gasteiger partial charge >= 0.3 is 6.03 Å². The third-order valence-corrected chi connectivity index (χ3v) is 4.96. The summed E-state index contributed by atoms with van der Waals surface area (Å²) in [6, 6.07) is 9.03. The Bertz CT molecular complexity index is 655. The highest BCUT2D eigenvalue weighted by Gasteiger charge is 2.17. The van der Waals surface area contributed by atoms with Crippen molar-refractivity contribution in [2.75, 3.05) is 5.32 Å². The molecule has 1 aliphatic rings. The van der Waals surface area contributed by atoms with Gasteiger partial charge < -0.3 is 15.4 Å². The van der Waals surface area contributed by atoms with Crippen molar-refractivity contribution in [3.05, 3.63) is 45.6 Å². The van der Waals surface area contributed by atoms with Gasteiger partial charge in [-0.15, -0.1) is 11.3 Å². The van der Waals surface area contributed by atoms with Crippen molar-refractivity contribution in [1.29, 1.82) is 0 Å². The second-order valence-corrected chi connectivity index (χ2v) is 7.00. The van der Waals surface area contributed by atoms with Gasteiger partial charge in [-0.1, -0.05) is 17.7 Å². The van der Waals surface area contributed by atoms with Crippen LogP contribution < -0.4 is 15.4 Å². The third kappa shape index (κ3) is 4.62. The minimum absolute atomic E-state index is 0.251. The monoisotopic (exact) mass is 350 g/mol. The summed E-state index contributed by atoms with van der Waals surface area (Å²) >= 11 is 7.86. The van der Waals surface area contributed by atoms with E-state index in [2.05, 4.69) is 10.6 Å². The summed E-state index contributed by atoms with van der Waals surface area (Å²) in [5.74, 6) is 0.683. The molecule has 0 unspecified atom stereocenters. The number of carbonyl (C=O) groups excluding carboxylic acids is 1. The second-order valence-electron chi connectivity index (χ2n) is 5.56. The highest BCUT2D eigenvalue weighted by atomic mass is 35.5. The summed E-state index contributed by atoms with van der Waals surface area (Å²) in [4.78, 5) is 13.0. The summed E-state index contributed by atoms with van der Waals surface area (Å²) in [6.45, 7) is 0.514. The Hall–Kier alpha value is -1.72. The summed E-state index contributed by atoms with van der Waals surface area (Å²) < 4.78 is 5.90. The lowest BCUT2D eigenvalue weighted by Gasteiger charge is -2.15. The van der Waals surface area contributed by atoms with E-state index in [0.717, 1.165) is 17.7 Å². The number of hydrogen-bond donors (Lipinski definition) is 2. The molecule has 1 fully saturated rings. The fourth-order valence-electron chi connectivity index (χ4n) is 2.62. The number of rotatable bonds is 5. The zero-order valence-corrected chi connectivity index (χ0v) is 14.3. The molecule has 23 heavy (non-hydrogen) atoms. The van der Waals surface area contributed by atoms with E-state index in [1.54, 1.807) is 23.5 Å². The summed E-state index contributed by atoms with van der Waals surface area (Å²) in [7, 11) is 0. The molecule has 0 bridgehead atoms. The smallest absolute Gasteiger partial charge is 0.319 e. The Kier molecular flexibility index (Phi) is 5.41. The van der Waals surface area contributed by atoms with E-state index in [0.29, 0.717) is 23.0 Å². The van der Waals surface area contributed by atoms with Gasteiger partial charge in [-0.25, -0.2) is 4.79 Å². The fourth-order valence-corrected chi connectivity index (χ4v) is 3.49. The lowest BCUT2D eigenvalue weighted by atomic mass is 10.2. The Labute approximate surface area is 144 Å². The molecule has 0 radical (unpaired) electrons. The van der Waals surface area contributed by atoms with Gasteiger partial charge in [0.1, 0.15) is 5.75 Å². The highest BCUT2D eigenvalue weighted by Crippen LogP contribution is 2.31. The molecule has 0 spiro atoms. The van der Waals surface area contributed by atoms with Crippen molar-refractivity contribution in [2.24, 2.45) is 0 Å². The molecule has 1 saturated carbocycles. The summed E-state index contributed by atoms with van der Waals surface area (Å²) in [5, 5.41) is 8.10. The molecular formula is C17H19ClN2O2S. The van der Waals surface area contributed by atoms with Crippen LogP contribution in [0.3, 0.4) is 0 Å². The van der Waals surface area contributed by atoms with Crippen molar-refractivity contribution < 1.29 is 9.53 Å². The molecule has 2 aromatic rings. The minimum Gasteiger partial charge on any atom is -0.489 e. The van der Waals surface area contributed by atoms with Crippen LogP contribution in [0.1, 0.15) is 30.6 Å². The molecule has 3 rings (SSSR count). The first-order valence-electron chi connectivity index (χ1n) is 7.74. The first kappa shape index (κ1) is 16.1. The van der Waals surface area contributed by atoms with Crippen LogP contribution in [-0.2, 0) is 6.54 Å². The third-order valence-electron chi connectivity index (χ3n) is 3.79. The maximum absolute atomic E-state index is 11.9. The molecule has 0 saturated heterocycles. The van der Waals surface area contributed by atoms with Gasteiger partial charge in [0.15, 0.2) is 0 Å². The Morgan fingerprint density at radius 2 is 2.13 bits per heavy atom. The number of anilines is 1. The molecule has 122 valence electrons. The zero-order valence-electron chi connectivity index (χ0n) is 12.7. The molecule has 0 aliphatic heterocycles. The molecule has 6 heteroatoms. The number of hydrogen-bond acceptors (Lipinski definition) is 3. The number of ether oxygens (including phenoxy) is 1. The average Bonchev–Trinajstić information content (AvgIpc) is 3.21. The molecule has 2 amide bonds. The zero-order chi connectivity index (χ0) is 16.1. The lowest BCUT2D eigenvalue weighted by molar-refractivity contribution is 0.210.